The van der Waals surface area contributed by atoms with Gasteiger partial charge in [0.25, 0.3) is 0 Å². The molecule has 1 unspecified atom stereocenters. The van der Waals surface area contributed by atoms with Gasteiger partial charge in [0.05, 0.1) is 0 Å². The lowest BCUT2D eigenvalue weighted by Gasteiger charge is -2.19. The summed E-state index contributed by atoms with van der Waals surface area (Å²) in [7, 11) is 1.08. The fraction of sp³-hybridized carbons (Fsp3) is 1.00. The molecule has 0 aromatic heterocycles. The first-order valence-corrected chi connectivity index (χ1v) is 3.97. The molecule has 0 saturated carbocycles. The van der Waals surface area contributed by atoms with Crippen molar-refractivity contribution in [2.45, 2.75) is 37.7 Å². The summed E-state index contributed by atoms with van der Waals surface area (Å²) >= 11 is 0. The standard InChI is InChI=1S/C7H11F6N/c1-14-5(7(11,12)13)3-2-4-6(8,9)10/h5,14H,2-4H2,1H3. The maximum atomic E-state index is 12.0. The molecule has 0 aromatic carbocycles. The molecule has 1 N–H and O–H groups in total. The van der Waals surface area contributed by atoms with Crippen molar-refractivity contribution in [2.24, 2.45) is 0 Å². The lowest BCUT2D eigenvalue weighted by atomic mass is 10.1. The van der Waals surface area contributed by atoms with E-state index in [9.17, 15) is 26.3 Å². The number of rotatable bonds is 4. The van der Waals surface area contributed by atoms with Crippen molar-refractivity contribution in [3.63, 3.8) is 0 Å². The summed E-state index contributed by atoms with van der Waals surface area (Å²) in [6.45, 7) is 0. The van der Waals surface area contributed by atoms with E-state index in [1.807, 2.05) is 5.32 Å². The van der Waals surface area contributed by atoms with Gasteiger partial charge in [-0.15, -0.1) is 0 Å². The zero-order chi connectivity index (χ0) is 11.4. The average Bonchev–Trinajstić information content (AvgIpc) is 1.93. The van der Waals surface area contributed by atoms with Crippen molar-refractivity contribution in [1.29, 1.82) is 0 Å². The van der Waals surface area contributed by atoms with Crippen LogP contribution in [0.4, 0.5) is 26.3 Å². The van der Waals surface area contributed by atoms with Crippen LogP contribution in [-0.4, -0.2) is 25.4 Å². The maximum Gasteiger partial charge on any atom is 0.403 e. The van der Waals surface area contributed by atoms with Crippen LogP contribution in [0.3, 0.4) is 0 Å². The topological polar surface area (TPSA) is 12.0 Å². The van der Waals surface area contributed by atoms with Crippen LogP contribution in [0.1, 0.15) is 19.3 Å². The molecule has 1 atom stereocenters. The van der Waals surface area contributed by atoms with Crippen LogP contribution < -0.4 is 5.32 Å². The molecular formula is C7H11F6N. The van der Waals surface area contributed by atoms with Crippen LogP contribution >= 0.6 is 0 Å². The molecule has 0 aliphatic rings. The van der Waals surface area contributed by atoms with Crippen molar-refractivity contribution in [3.05, 3.63) is 0 Å². The summed E-state index contributed by atoms with van der Waals surface area (Å²) in [5, 5.41) is 1.94. The third-order valence-corrected chi connectivity index (χ3v) is 1.70. The zero-order valence-corrected chi connectivity index (χ0v) is 7.47. The Bertz CT molecular complexity index is 161. The van der Waals surface area contributed by atoms with E-state index < -0.39 is 37.7 Å². The van der Waals surface area contributed by atoms with Crippen molar-refractivity contribution >= 4 is 0 Å². The second kappa shape index (κ2) is 4.86. The number of alkyl halides is 6. The van der Waals surface area contributed by atoms with E-state index in [1.54, 1.807) is 0 Å². The Hall–Kier alpha value is -0.460. The molecule has 7 heteroatoms. The van der Waals surface area contributed by atoms with Crippen LogP contribution in [0, 0.1) is 0 Å². The van der Waals surface area contributed by atoms with Gasteiger partial charge in [0.1, 0.15) is 6.04 Å². The van der Waals surface area contributed by atoms with Gasteiger partial charge in [-0.05, 0) is 19.9 Å². The van der Waals surface area contributed by atoms with Crippen molar-refractivity contribution in [3.8, 4) is 0 Å². The minimum absolute atomic E-state index is 0.519. The van der Waals surface area contributed by atoms with E-state index in [-0.39, 0.29) is 0 Å². The summed E-state index contributed by atoms with van der Waals surface area (Å²) in [4.78, 5) is 0. The first-order valence-electron chi connectivity index (χ1n) is 3.97. The average molecular weight is 223 g/mol. The Morgan fingerprint density at radius 1 is 1.07 bits per heavy atom. The summed E-state index contributed by atoms with van der Waals surface area (Å²) in [5.74, 6) is 0. The lowest BCUT2D eigenvalue weighted by Crippen LogP contribution is -2.40. The van der Waals surface area contributed by atoms with E-state index in [0.717, 1.165) is 7.05 Å². The molecule has 0 aliphatic carbocycles. The number of nitrogens with one attached hydrogen (secondary N) is 1. The summed E-state index contributed by atoms with van der Waals surface area (Å²) in [5.41, 5.74) is 0. The summed E-state index contributed by atoms with van der Waals surface area (Å²) in [6, 6.07) is -1.86. The molecule has 86 valence electrons. The van der Waals surface area contributed by atoms with Crippen LogP contribution in [-0.2, 0) is 0 Å². The third-order valence-electron chi connectivity index (χ3n) is 1.70. The fourth-order valence-electron chi connectivity index (χ4n) is 0.978. The Balaban J connectivity index is 3.87. The molecule has 0 aromatic rings. The van der Waals surface area contributed by atoms with Crippen LogP contribution in [0.25, 0.3) is 0 Å². The van der Waals surface area contributed by atoms with Crippen molar-refractivity contribution in [1.82, 2.24) is 5.32 Å². The Morgan fingerprint density at radius 3 is 1.86 bits per heavy atom. The predicted molar refractivity (Wildman–Crippen MR) is 38.8 cm³/mol. The third kappa shape index (κ3) is 6.06. The Morgan fingerprint density at radius 2 is 1.57 bits per heavy atom. The van der Waals surface area contributed by atoms with Gasteiger partial charge in [-0.3, -0.25) is 0 Å². The van der Waals surface area contributed by atoms with E-state index >= 15 is 0 Å². The number of halogens is 6. The zero-order valence-electron chi connectivity index (χ0n) is 7.47. The quantitative estimate of drug-likeness (QED) is 0.722. The lowest BCUT2D eigenvalue weighted by molar-refractivity contribution is -0.161. The first kappa shape index (κ1) is 13.5. The van der Waals surface area contributed by atoms with Crippen molar-refractivity contribution < 1.29 is 26.3 Å². The minimum Gasteiger partial charge on any atom is -0.309 e. The highest BCUT2D eigenvalue weighted by atomic mass is 19.4. The molecule has 0 rings (SSSR count). The maximum absolute atomic E-state index is 12.0. The van der Waals surface area contributed by atoms with Gasteiger partial charge in [-0.1, -0.05) is 0 Å². The van der Waals surface area contributed by atoms with E-state index in [2.05, 4.69) is 0 Å². The highest BCUT2D eigenvalue weighted by Crippen LogP contribution is 2.27. The predicted octanol–water partition coefficient (Wildman–Crippen LogP) is 2.87. The molecule has 0 saturated heterocycles. The van der Waals surface area contributed by atoms with E-state index in [0.29, 0.717) is 0 Å². The monoisotopic (exact) mass is 223 g/mol. The van der Waals surface area contributed by atoms with Crippen molar-refractivity contribution in [2.75, 3.05) is 7.05 Å². The molecule has 0 bridgehead atoms. The largest absolute Gasteiger partial charge is 0.403 e. The van der Waals surface area contributed by atoms with Crippen LogP contribution in [0.5, 0.6) is 0 Å². The number of hydrogen-bond donors (Lipinski definition) is 1. The van der Waals surface area contributed by atoms with Gasteiger partial charge in [0.15, 0.2) is 0 Å². The number of hydrogen-bond acceptors (Lipinski definition) is 1. The highest BCUT2D eigenvalue weighted by Gasteiger charge is 2.38. The minimum atomic E-state index is -4.49. The molecule has 0 radical (unpaired) electrons. The van der Waals surface area contributed by atoms with Crippen LogP contribution in [0.2, 0.25) is 0 Å². The van der Waals surface area contributed by atoms with Gasteiger partial charge >= 0.3 is 12.4 Å². The molecule has 0 fully saturated rings. The molecule has 0 aliphatic heterocycles. The summed E-state index contributed by atoms with van der Waals surface area (Å²) in [6.07, 6.45) is -11.1. The van der Waals surface area contributed by atoms with Gasteiger partial charge < -0.3 is 5.32 Å². The molecule has 14 heavy (non-hydrogen) atoms. The molecular weight excluding hydrogens is 212 g/mol. The Labute approximate surface area is 77.5 Å². The van der Waals surface area contributed by atoms with Gasteiger partial charge in [-0.25, -0.2) is 0 Å². The Kier molecular flexibility index (Phi) is 4.70. The SMILES string of the molecule is CNC(CCCC(F)(F)F)C(F)(F)F. The van der Waals surface area contributed by atoms with Crippen LogP contribution in [0.15, 0.2) is 0 Å². The van der Waals surface area contributed by atoms with Gasteiger partial charge in [-0.2, -0.15) is 26.3 Å². The first-order chi connectivity index (χ1) is 6.17. The van der Waals surface area contributed by atoms with Gasteiger partial charge in [0, 0.05) is 6.42 Å². The molecule has 0 spiro atoms. The normalized spacial score (nSPS) is 15.6. The second-order valence-corrected chi connectivity index (χ2v) is 2.89. The fourth-order valence-corrected chi connectivity index (χ4v) is 0.978. The highest BCUT2D eigenvalue weighted by molar-refractivity contribution is 4.73. The smallest absolute Gasteiger partial charge is 0.309 e. The van der Waals surface area contributed by atoms with E-state index in [1.165, 1.54) is 0 Å². The second-order valence-electron chi connectivity index (χ2n) is 2.89. The van der Waals surface area contributed by atoms with Gasteiger partial charge in [0.2, 0.25) is 0 Å². The molecule has 0 heterocycles. The molecule has 0 amide bonds. The summed E-state index contributed by atoms with van der Waals surface area (Å²) < 4.78 is 70.8. The van der Waals surface area contributed by atoms with E-state index in [4.69, 9.17) is 0 Å². The molecule has 1 nitrogen and oxygen atoms in total.